The molecule has 23 heavy (non-hydrogen) atoms. The molecule has 2 N–H and O–H groups in total. The van der Waals surface area contributed by atoms with Gasteiger partial charge in [0.2, 0.25) is 0 Å². The van der Waals surface area contributed by atoms with Gasteiger partial charge in [0, 0.05) is 6.42 Å². The zero-order chi connectivity index (χ0) is 16.7. The van der Waals surface area contributed by atoms with Crippen LogP contribution in [0.4, 0.5) is 4.39 Å². The van der Waals surface area contributed by atoms with E-state index < -0.39 is 23.7 Å². The molecule has 0 saturated carbocycles. The molecule has 0 aliphatic heterocycles. The number of benzene rings is 2. The lowest BCUT2D eigenvalue weighted by atomic mass is 10.1. The van der Waals surface area contributed by atoms with E-state index in [0.717, 1.165) is 11.6 Å². The molecule has 2 rings (SSSR count). The van der Waals surface area contributed by atoms with Crippen molar-refractivity contribution in [1.29, 1.82) is 0 Å². The first-order valence-electron chi connectivity index (χ1n) is 7.06. The number of hydrogen-bond donors (Lipinski definition) is 2. The molecule has 2 aromatic carbocycles. The number of carbonyl (C=O) groups excluding carboxylic acids is 1. The summed E-state index contributed by atoms with van der Waals surface area (Å²) >= 11 is 0. The Balaban J connectivity index is 2.06. The fraction of sp³-hybridized carbons (Fsp3) is 0.111. The zero-order valence-electron chi connectivity index (χ0n) is 12.3. The van der Waals surface area contributed by atoms with Crippen LogP contribution < -0.4 is 5.32 Å². The van der Waals surface area contributed by atoms with Crippen LogP contribution in [0, 0.1) is 0 Å². The van der Waals surface area contributed by atoms with Gasteiger partial charge in [0.25, 0.3) is 5.91 Å². The second kappa shape index (κ2) is 7.89. The third-order valence-electron chi connectivity index (χ3n) is 3.20. The quantitative estimate of drug-likeness (QED) is 0.806. The smallest absolute Gasteiger partial charge is 0.326 e. The van der Waals surface area contributed by atoms with Crippen LogP contribution >= 0.6 is 0 Å². The number of hydrogen-bond acceptors (Lipinski definition) is 2. The van der Waals surface area contributed by atoms with Crippen LogP contribution in [0.5, 0.6) is 0 Å². The molecule has 0 heterocycles. The Morgan fingerprint density at radius 3 is 2.17 bits per heavy atom. The van der Waals surface area contributed by atoms with Crippen LogP contribution in [-0.4, -0.2) is 23.0 Å². The molecule has 0 radical (unpaired) electrons. The van der Waals surface area contributed by atoms with E-state index in [-0.39, 0.29) is 6.42 Å². The lowest BCUT2D eigenvalue weighted by molar-refractivity contribution is -0.141. The second-order valence-electron chi connectivity index (χ2n) is 4.96. The minimum atomic E-state index is -1.21. The number of carboxylic acids is 1. The SMILES string of the molecule is O=C(N[C@H](Cc1ccccc1)C(=O)O)/C(F)=C/c1ccccc1. The van der Waals surface area contributed by atoms with Crippen molar-refractivity contribution < 1.29 is 19.1 Å². The summed E-state index contributed by atoms with van der Waals surface area (Å²) in [6.45, 7) is 0. The molecular weight excluding hydrogens is 297 g/mol. The predicted octanol–water partition coefficient (Wildman–Crippen LogP) is 2.81. The summed E-state index contributed by atoms with van der Waals surface area (Å²) < 4.78 is 13.9. The minimum Gasteiger partial charge on any atom is -0.480 e. The highest BCUT2D eigenvalue weighted by Crippen LogP contribution is 2.09. The molecule has 1 amide bonds. The summed E-state index contributed by atoms with van der Waals surface area (Å²) in [7, 11) is 0. The maximum atomic E-state index is 13.9. The molecular formula is C18H16FNO3. The summed E-state index contributed by atoms with van der Waals surface area (Å²) in [6, 6.07) is 16.1. The van der Waals surface area contributed by atoms with Gasteiger partial charge >= 0.3 is 5.97 Å². The molecule has 118 valence electrons. The Bertz CT molecular complexity index is 699. The largest absolute Gasteiger partial charge is 0.480 e. The third-order valence-corrected chi connectivity index (χ3v) is 3.20. The van der Waals surface area contributed by atoms with Crippen LogP contribution in [0.15, 0.2) is 66.5 Å². The van der Waals surface area contributed by atoms with E-state index >= 15 is 0 Å². The molecule has 4 nitrogen and oxygen atoms in total. The Kier molecular flexibility index (Phi) is 5.63. The van der Waals surface area contributed by atoms with Crippen LogP contribution in [-0.2, 0) is 16.0 Å². The van der Waals surface area contributed by atoms with Crippen LogP contribution in [0.2, 0.25) is 0 Å². The molecule has 0 fully saturated rings. The highest BCUT2D eigenvalue weighted by Gasteiger charge is 2.22. The first-order chi connectivity index (χ1) is 11.1. The molecule has 0 spiro atoms. The van der Waals surface area contributed by atoms with E-state index in [9.17, 15) is 19.1 Å². The average molecular weight is 313 g/mol. The average Bonchev–Trinajstić information content (AvgIpc) is 2.56. The monoisotopic (exact) mass is 313 g/mol. The normalized spacial score (nSPS) is 12.5. The topological polar surface area (TPSA) is 66.4 Å². The number of aliphatic carboxylic acids is 1. The Morgan fingerprint density at radius 1 is 1.04 bits per heavy atom. The van der Waals surface area contributed by atoms with Crippen molar-refractivity contribution in [3.05, 3.63) is 77.6 Å². The molecule has 0 aliphatic rings. The van der Waals surface area contributed by atoms with E-state index in [4.69, 9.17) is 0 Å². The summed E-state index contributed by atoms with van der Waals surface area (Å²) in [4.78, 5) is 23.1. The summed E-state index contributed by atoms with van der Waals surface area (Å²) in [5, 5.41) is 11.4. The van der Waals surface area contributed by atoms with Gasteiger partial charge in [-0.1, -0.05) is 60.7 Å². The minimum absolute atomic E-state index is 0.0839. The van der Waals surface area contributed by atoms with Gasteiger partial charge < -0.3 is 10.4 Å². The number of amides is 1. The number of carboxylic acid groups (broad SMARTS) is 1. The van der Waals surface area contributed by atoms with Gasteiger partial charge in [-0.25, -0.2) is 9.18 Å². The van der Waals surface area contributed by atoms with Gasteiger partial charge in [-0.3, -0.25) is 4.79 Å². The molecule has 0 unspecified atom stereocenters. The molecule has 0 saturated heterocycles. The van der Waals surface area contributed by atoms with Gasteiger partial charge in [0.15, 0.2) is 5.83 Å². The Labute approximate surface area is 133 Å². The highest BCUT2D eigenvalue weighted by atomic mass is 19.1. The summed E-state index contributed by atoms with van der Waals surface area (Å²) in [6.07, 6.45) is 1.15. The first-order valence-corrected chi connectivity index (χ1v) is 7.06. The van der Waals surface area contributed by atoms with Crippen molar-refractivity contribution in [2.75, 3.05) is 0 Å². The molecule has 1 atom stereocenters. The fourth-order valence-electron chi connectivity index (χ4n) is 2.04. The summed E-state index contributed by atoms with van der Waals surface area (Å²) in [5.74, 6) is -3.29. The standard InChI is InChI=1S/C18H16FNO3/c19-15(11-13-7-3-1-4-8-13)17(21)20-16(18(22)23)12-14-9-5-2-6-10-14/h1-11,16H,12H2,(H,20,21)(H,22,23)/b15-11-/t16-/m1/s1. The molecule has 5 heteroatoms. The fourth-order valence-corrected chi connectivity index (χ4v) is 2.04. The van der Waals surface area contributed by atoms with E-state index in [1.54, 1.807) is 60.7 Å². The van der Waals surface area contributed by atoms with Crippen molar-refractivity contribution in [2.24, 2.45) is 0 Å². The number of rotatable bonds is 6. The van der Waals surface area contributed by atoms with E-state index in [1.807, 2.05) is 0 Å². The van der Waals surface area contributed by atoms with Gasteiger partial charge in [0.05, 0.1) is 0 Å². The number of carbonyl (C=O) groups is 2. The van der Waals surface area contributed by atoms with Crippen molar-refractivity contribution in [3.8, 4) is 0 Å². The zero-order valence-corrected chi connectivity index (χ0v) is 12.3. The van der Waals surface area contributed by atoms with E-state index in [1.165, 1.54) is 0 Å². The summed E-state index contributed by atoms with van der Waals surface area (Å²) in [5.41, 5.74) is 1.27. The maximum absolute atomic E-state index is 13.9. The molecule has 0 aromatic heterocycles. The van der Waals surface area contributed by atoms with Crippen molar-refractivity contribution in [3.63, 3.8) is 0 Å². The van der Waals surface area contributed by atoms with Gasteiger partial charge in [0.1, 0.15) is 6.04 Å². The van der Waals surface area contributed by atoms with Crippen molar-refractivity contribution in [2.45, 2.75) is 12.5 Å². The highest BCUT2D eigenvalue weighted by molar-refractivity contribution is 5.97. The molecule has 0 aliphatic carbocycles. The number of halogens is 1. The predicted molar refractivity (Wildman–Crippen MR) is 85.2 cm³/mol. The van der Waals surface area contributed by atoms with Crippen LogP contribution in [0.3, 0.4) is 0 Å². The van der Waals surface area contributed by atoms with E-state index in [0.29, 0.717) is 5.56 Å². The number of nitrogens with one attached hydrogen (secondary N) is 1. The lowest BCUT2D eigenvalue weighted by Gasteiger charge is -2.14. The third kappa shape index (κ3) is 5.07. The molecule has 0 bridgehead atoms. The van der Waals surface area contributed by atoms with Gasteiger partial charge in [-0.15, -0.1) is 0 Å². The van der Waals surface area contributed by atoms with Gasteiger partial charge in [-0.2, -0.15) is 0 Å². The van der Waals surface area contributed by atoms with Crippen molar-refractivity contribution >= 4 is 18.0 Å². The van der Waals surface area contributed by atoms with Crippen LogP contribution in [0.1, 0.15) is 11.1 Å². The Morgan fingerprint density at radius 2 is 1.61 bits per heavy atom. The second-order valence-corrected chi connectivity index (χ2v) is 4.96. The van der Waals surface area contributed by atoms with E-state index in [2.05, 4.69) is 5.32 Å². The maximum Gasteiger partial charge on any atom is 0.326 e. The van der Waals surface area contributed by atoms with Crippen LogP contribution in [0.25, 0.3) is 6.08 Å². The Hall–Kier alpha value is -2.95. The van der Waals surface area contributed by atoms with Gasteiger partial charge in [-0.05, 0) is 17.2 Å². The molecule has 2 aromatic rings. The first kappa shape index (κ1) is 16.4. The van der Waals surface area contributed by atoms with Crippen molar-refractivity contribution in [1.82, 2.24) is 5.32 Å². The lowest BCUT2D eigenvalue weighted by Crippen LogP contribution is -2.42.